The molecule has 2 amide bonds. The van der Waals surface area contributed by atoms with E-state index in [-0.39, 0.29) is 48.3 Å². The molecule has 2 atom stereocenters. The molecule has 2 heterocycles. The Bertz CT molecular complexity index is 1320. The van der Waals surface area contributed by atoms with Crippen LogP contribution in [0.1, 0.15) is 32.4 Å². The number of esters is 1. The normalized spacial score (nSPS) is 21.4. The van der Waals surface area contributed by atoms with Gasteiger partial charge in [0.05, 0.1) is 23.1 Å². The number of urea groups is 1. The predicted molar refractivity (Wildman–Crippen MR) is 140 cm³/mol. The summed E-state index contributed by atoms with van der Waals surface area (Å²) in [6.07, 6.45) is 0. The van der Waals surface area contributed by atoms with E-state index >= 15 is 0 Å². The molecule has 1 saturated heterocycles. The fourth-order valence-electron chi connectivity index (χ4n) is 5.06. The van der Waals surface area contributed by atoms with E-state index in [1.807, 2.05) is 11.8 Å². The van der Waals surface area contributed by atoms with Crippen molar-refractivity contribution in [3.8, 4) is 0 Å². The number of hydrogen-bond acceptors (Lipinski definition) is 6. The molecule has 2 aliphatic rings. The average Bonchev–Trinajstić information content (AvgIpc) is 2.89. The molecule has 11 heteroatoms. The SMILES string of the molecule is CCOC(=O)C1=C(CN2CCN(S(=O)(=O)c3ccccc3)[C@H](C)C2)N(CC)C(=O)N[C@H]1c1ccccc1F. The summed E-state index contributed by atoms with van der Waals surface area (Å²) in [4.78, 5) is 30.0. The van der Waals surface area contributed by atoms with Crippen LogP contribution in [-0.2, 0) is 19.6 Å². The number of sulfonamides is 1. The van der Waals surface area contributed by atoms with Crippen molar-refractivity contribution in [1.29, 1.82) is 0 Å². The Hall–Kier alpha value is -3.28. The van der Waals surface area contributed by atoms with Crippen molar-refractivity contribution in [2.75, 3.05) is 39.3 Å². The third-order valence-corrected chi connectivity index (χ3v) is 8.87. The molecule has 38 heavy (non-hydrogen) atoms. The Morgan fingerprint density at radius 3 is 2.39 bits per heavy atom. The van der Waals surface area contributed by atoms with Gasteiger partial charge in [-0.25, -0.2) is 22.4 Å². The van der Waals surface area contributed by atoms with E-state index in [1.165, 1.54) is 21.3 Å². The maximum Gasteiger partial charge on any atom is 0.338 e. The van der Waals surface area contributed by atoms with E-state index in [2.05, 4.69) is 5.32 Å². The number of rotatable bonds is 8. The van der Waals surface area contributed by atoms with Crippen molar-refractivity contribution in [2.45, 2.75) is 37.8 Å². The monoisotopic (exact) mass is 544 g/mol. The molecular formula is C27H33FN4O5S. The number of likely N-dealkylation sites (N-methyl/N-ethyl adjacent to an activating group) is 1. The minimum Gasteiger partial charge on any atom is -0.463 e. The zero-order chi connectivity index (χ0) is 27.4. The van der Waals surface area contributed by atoms with Gasteiger partial charge in [0.15, 0.2) is 0 Å². The highest BCUT2D eigenvalue weighted by atomic mass is 32.2. The number of carbonyl (C=O) groups is 2. The van der Waals surface area contributed by atoms with Gasteiger partial charge >= 0.3 is 12.0 Å². The highest BCUT2D eigenvalue weighted by Crippen LogP contribution is 2.33. The maximum atomic E-state index is 14.8. The molecule has 4 rings (SSSR count). The zero-order valence-corrected chi connectivity index (χ0v) is 22.6. The second-order valence-corrected chi connectivity index (χ2v) is 11.1. The van der Waals surface area contributed by atoms with Crippen molar-refractivity contribution >= 4 is 22.0 Å². The number of piperazine rings is 1. The number of benzene rings is 2. The highest BCUT2D eigenvalue weighted by molar-refractivity contribution is 7.89. The highest BCUT2D eigenvalue weighted by Gasteiger charge is 2.40. The van der Waals surface area contributed by atoms with Gasteiger partial charge in [-0.05, 0) is 39.0 Å². The Balaban J connectivity index is 1.67. The van der Waals surface area contributed by atoms with Crippen LogP contribution in [0.2, 0.25) is 0 Å². The Morgan fingerprint density at radius 1 is 1.08 bits per heavy atom. The molecule has 0 saturated carbocycles. The van der Waals surface area contributed by atoms with Gasteiger partial charge in [0, 0.05) is 50.0 Å². The van der Waals surface area contributed by atoms with Crippen LogP contribution >= 0.6 is 0 Å². The summed E-state index contributed by atoms with van der Waals surface area (Å²) in [7, 11) is -3.67. The van der Waals surface area contributed by atoms with Crippen LogP contribution in [0, 0.1) is 5.82 Å². The van der Waals surface area contributed by atoms with Crippen LogP contribution in [0.3, 0.4) is 0 Å². The fourth-order valence-corrected chi connectivity index (χ4v) is 6.69. The van der Waals surface area contributed by atoms with Crippen LogP contribution in [0.15, 0.2) is 70.8 Å². The van der Waals surface area contributed by atoms with Crippen molar-refractivity contribution in [3.05, 3.63) is 77.2 Å². The third kappa shape index (κ3) is 5.45. The van der Waals surface area contributed by atoms with Gasteiger partial charge in [-0.2, -0.15) is 4.31 Å². The number of carbonyl (C=O) groups excluding carboxylic acids is 2. The molecule has 204 valence electrons. The lowest BCUT2D eigenvalue weighted by Gasteiger charge is -2.42. The van der Waals surface area contributed by atoms with Gasteiger partial charge in [0.25, 0.3) is 0 Å². The number of nitrogens with one attached hydrogen (secondary N) is 1. The summed E-state index contributed by atoms with van der Waals surface area (Å²) in [5, 5.41) is 2.77. The second kappa shape index (κ2) is 11.6. The number of hydrogen-bond donors (Lipinski definition) is 1. The molecule has 0 aliphatic carbocycles. The van der Waals surface area contributed by atoms with Gasteiger partial charge in [-0.15, -0.1) is 0 Å². The van der Waals surface area contributed by atoms with Crippen LogP contribution < -0.4 is 5.32 Å². The largest absolute Gasteiger partial charge is 0.463 e. The second-order valence-electron chi connectivity index (χ2n) is 9.24. The summed E-state index contributed by atoms with van der Waals surface area (Å²) in [6.45, 7) is 6.93. The molecule has 2 aliphatic heterocycles. The molecule has 0 aromatic heterocycles. The van der Waals surface area contributed by atoms with E-state index in [4.69, 9.17) is 4.74 Å². The first kappa shape index (κ1) is 27.7. The molecule has 2 aromatic carbocycles. The molecular weight excluding hydrogens is 511 g/mol. The van der Waals surface area contributed by atoms with Gasteiger partial charge in [0.2, 0.25) is 10.0 Å². The lowest BCUT2D eigenvalue weighted by molar-refractivity contribution is -0.139. The smallest absolute Gasteiger partial charge is 0.338 e. The van der Waals surface area contributed by atoms with Gasteiger partial charge in [0.1, 0.15) is 5.82 Å². The number of halogens is 1. The molecule has 1 fully saturated rings. The van der Waals surface area contributed by atoms with Gasteiger partial charge in [-0.3, -0.25) is 9.80 Å². The van der Waals surface area contributed by atoms with E-state index < -0.39 is 33.9 Å². The quantitative estimate of drug-likeness (QED) is 0.513. The predicted octanol–water partition coefficient (Wildman–Crippen LogP) is 3.12. The van der Waals surface area contributed by atoms with Crippen molar-refractivity contribution in [2.24, 2.45) is 0 Å². The average molecular weight is 545 g/mol. The molecule has 2 aromatic rings. The lowest BCUT2D eigenvalue weighted by Crippen LogP contribution is -2.56. The minimum atomic E-state index is -3.67. The van der Waals surface area contributed by atoms with Gasteiger partial charge in [-0.1, -0.05) is 36.4 Å². The van der Waals surface area contributed by atoms with E-state index in [9.17, 15) is 22.4 Å². The van der Waals surface area contributed by atoms with E-state index in [0.29, 0.717) is 18.8 Å². The first-order valence-electron chi connectivity index (χ1n) is 12.7. The van der Waals surface area contributed by atoms with Crippen LogP contribution in [0.25, 0.3) is 0 Å². The molecule has 0 spiro atoms. The Morgan fingerprint density at radius 2 is 1.76 bits per heavy atom. The first-order chi connectivity index (χ1) is 18.2. The lowest BCUT2D eigenvalue weighted by atomic mass is 9.93. The van der Waals surface area contributed by atoms with Crippen molar-refractivity contribution in [3.63, 3.8) is 0 Å². The zero-order valence-electron chi connectivity index (χ0n) is 21.8. The Labute approximate surface area is 222 Å². The number of amides is 2. The summed E-state index contributed by atoms with van der Waals surface area (Å²) in [5.74, 6) is -1.18. The molecule has 0 bridgehead atoms. The maximum absolute atomic E-state index is 14.8. The minimum absolute atomic E-state index is 0.118. The van der Waals surface area contributed by atoms with Crippen LogP contribution in [0.4, 0.5) is 9.18 Å². The van der Waals surface area contributed by atoms with E-state index in [0.717, 1.165) is 0 Å². The standard InChI is InChI=1S/C27H33FN4O5S/c1-4-31-23(18-30-15-16-32(19(3)17-30)38(35,36)20-11-7-6-8-12-20)24(26(33)37-5-2)25(29-27(31)34)21-13-9-10-14-22(21)28/h6-14,19,25H,4-5,15-18H2,1-3H3,(H,29,34)/t19-,25+/m1/s1. The summed E-state index contributed by atoms with van der Waals surface area (Å²) in [6, 6.07) is 12.5. The Kier molecular flexibility index (Phi) is 8.49. The molecule has 9 nitrogen and oxygen atoms in total. The summed E-state index contributed by atoms with van der Waals surface area (Å²) in [5.41, 5.74) is 0.768. The topological polar surface area (TPSA) is 99.3 Å². The number of nitrogens with zero attached hydrogens (tertiary/aromatic N) is 3. The molecule has 1 N–H and O–H groups in total. The third-order valence-electron chi connectivity index (χ3n) is 6.84. The summed E-state index contributed by atoms with van der Waals surface area (Å²) < 4.78 is 48.1. The molecule has 0 radical (unpaired) electrons. The van der Waals surface area contributed by atoms with Crippen LogP contribution in [0.5, 0.6) is 0 Å². The van der Waals surface area contributed by atoms with Crippen molar-refractivity contribution in [1.82, 2.24) is 19.4 Å². The number of ether oxygens (including phenoxy) is 1. The van der Waals surface area contributed by atoms with Crippen LogP contribution in [-0.4, -0.2) is 79.9 Å². The van der Waals surface area contributed by atoms with Crippen molar-refractivity contribution < 1.29 is 27.1 Å². The molecule has 0 unspecified atom stereocenters. The van der Waals surface area contributed by atoms with E-state index in [1.54, 1.807) is 56.3 Å². The fraction of sp³-hybridized carbons (Fsp3) is 0.407. The first-order valence-corrected chi connectivity index (χ1v) is 14.1. The summed E-state index contributed by atoms with van der Waals surface area (Å²) >= 11 is 0. The van der Waals surface area contributed by atoms with Gasteiger partial charge < -0.3 is 10.1 Å².